The zero-order chi connectivity index (χ0) is 36.2. The topological polar surface area (TPSA) is 0 Å². The van der Waals surface area contributed by atoms with Crippen molar-refractivity contribution in [3.63, 3.8) is 0 Å². The van der Waals surface area contributed by atoms with Gasteiger partial charge in [0.15, 0.2) is 0 Å². The minimum absolute atomic E-state index is 0.0958. The van der Waals surface area contributed by atoms with E-state index in [4.69, 9.17) is 17.0 Å². The number of allylic oxidation sites excluding steroid dienone is 2. The molecule has 2 aliphatic rings. The Labute approximate surface area is 312 Å². The second-order valence-corrected chi connectivity index (χ2v) is 59.4. The van der Waals surface area contributed by atoms with Crippen molar-refractivity contribution in [3.8, 4) is 22.3 Å². The Hall–Kier alpha value is -1.96. The first-order valence-electron chi connectivity index (χ1n) is 19.1. The van der Waals surface area contributed by atoms with Crippen LogP contribution in [0.2, 0.25) is 13.1 Å². The van der Waals surface area contributed by atoms with Gasteiger partial charge in [-0.15, -0.1) is 0 Å². The summed E-state index contributed by atoms with van der Waals surface area (Å²) in [4.78, 5) is 0. The van der Waals surface area contributed by atoms with E-state index in [2.05, 4.69) is 166 Å². The third-order valence-electron chi connectivity index (χ3n) is 12.1. The first-order valence-corrected chi connectivity index (χ1v) is 35.4. The molecule has 263 valence electrons. The Morgan fingerprint density at radius 1 is 0.700 bits per heavy atom. The fourth-order valence-electron chi connectivity index (χ4n) is 9.02. The first-order chi connectivity index (χ1) is 23.6. The van der Waals surface area contributed by atoms with Crippen LogP contribution in [0.4, 0.5) is 0 Å². The normalized spacial score (nSPS) is 18.8. The van der Waals surface area contributed by atoms with E-state index in [9.17, 15) is 0 Å². The van der Waals surface area contributed by atoms with E-state index in [0.717, 1.165) is 19.3 Å². The summed E-state index contributed by atoms with van der Waals surface area (Å²) in [5.41, 5.74) is 16.3. The van der Waals surface area contributed by atoms with Gasteiger partial charge in [0.2, 0.25) is 0 Å². The quantitative estimate of drug-likeness (QED) is 0.140. The molecular weight excluding hydrogens is 743 g/mol. The van der Waals surface area contributed by atoms with Crippen LogP contribution in [0.1, 0.15) is 121 Å². The van der Waals surface area contributed by atoms with Crippen LogP contribution in [-0.2, 0) is 21.0 Å². The van der Waals surface area contributed by atoms with Crippen LogP contribution in [0.3, 0.4) is 0 Å². The number of fused-ring (bicyclic) bond motifs is 2. The molecule has 3 unspecified atom stereocenters. The Morgan fingerprint density at radius 2 is 1.22 bits per heavy atom. The van der Waals surface area contributed by atoms with Gasteiger partial charge < -0.3 is 0 Å². The third kappa shape index (κ3) is 6.37. The molecule has 0 aliphatic heterocycles. The molecule has 50 heavy (non-hydrogen) atoms. The van der Waals surface area contributed by atoms with Gasteiger partial charge in [-0.05, 0) is 0 Å². The molecule has 0 spiro atoms. The fraction of sp³-hybridized carbons (Fsp3) is 0.391. The Bertz CT molecular complexity index is 1940. The third-order valence-corrected chi connectivity index (χ3v) is 63.9. The van der Waals surface area contributed by atoms with Gasteiger partial charge in [0, 0.05) is 0 Å². The summed E-state index contributed by atoms with van der Waals surface area (Å²) in [6, 6.07) is 32.3. The van der Waals surface area contributed by atoms with E-state index in [0.29, 0.717) is 11.8 Å². The van der Waals surface area contributed by atoms with E-state index in [1.165, 1.54) is 66.8 Å². The summed E-state index contributed by atoms with van der Waals surface area (Å²) < 4.78 is 0.195. The van der Waals surface area contributed by atoms with Gasteiger partial charge in [0.25, 0.3) is 0 Å². The molecule has 0 fully saturated rings. The van der Waals surface area contributed by atoms with Crippen molar-refractivity contribution < 1.29 is 15.6 Å². The van der Waals surface area contributed by atoms with Crippen molar-refractivity contribution in [3.05, 3.63) is 129 Å². The summed E-state index contributed by atoms with van der Waals surface area (Å²) in [5, 5.41) is 0. The standard InChI is InChI=1S/C23H27.C21H23.C2H7Si.2ClH.Zr/c1-5-7-17(4)21-14-20-8-6-9-22(23(20)15-21)19-12-10-18(11-13-19)16(2)3;1-5-15-13-17-7-6-8-19(20(17)14-15)16-9-11-18(12-10-16)21(2,3)4;1-3-2;;;/h6,8-17H,5,7H2,1-4H3;6-14H,5H2,1-4H3;3H,1-2H3;2*1H;/q;;;;;+2/p-2. The molecule has 4 aromatic rings. The maximum atomic E-state index is 8.79. The van der Waals surface area contributed by atoms with Gasteiger partial charge in [0.05, 0.1) is 0 Å². The molecule has 6 rings (SSSR count). The molecule has 0 heterocycles. The van der Waals surface area contributed by atoms with Crippen LogP contribution >= 0.6 is 17.0 Å². The zero-order valence-electron chi connectivity index (χ0n) is 32.0. The molecular formula is C46H57Cl2SiZr. The van der Waals surface area contributed by atoms with Gasteiger partial charge in [-0.1, -0.05) is 0 Å². The second-order valence-electron chi connectivity index (χ2n) is 16.9. The molecule has 0 saturated heterocycles. The Kier molecular flexibility index (Phi) is 10.7. The summed E-state index contributed by atoms with van der Waals surface area (Å²) in [5.74, 6) is -0.737. The molecule has 0 N–H and O–H groups in total. The van der Waals surface area contributed by atoms with Crippen molar-refractivity contribution in [1.29, 1.82) is 0 Å². The first kappa shape index (κ1) is 37.8. The number of hydrogen-bond donors (Lipinski definition) is 0. The summed E-state index contributed by atoms with van der Waals surface area (Å²) in [6.07, 6.45) is 8.27. The van der Waals surface area contributed by atoms with Crippen molar-refractivity contribution >= 4 is 35.1 Å². The van der Waals surface area contributed by atoms with E-state index in [-0.39, 0.29) is 12.7 Å². The molecule has 0 aromatic heterocycles. The van der Waals surface area contributed by atoms with E-state index < -0.39 is 21.5 Å². The minimum atomic E-state index is -4.88. The SMILES string of the molecule is CCCC(C)C1=Cc2c(-c3ccc(C(C)C)cc3)cccc2[CH]1[Zr]([Cl])([Cl])([CH]1C(CC)=Cc2c(-c3ccc(C(C)(C)C)cc3)cccc21)[SiH](C)C. The molecule has 0 bridgehead atoms. The number of benzene rings is 4. The van der Waals surface area contributed by atoms with E-state index in [1.807, 2.05) is 0 Å². The molecule has 3 atom stereocenters. The average Bonchev–Trinajstić information content (AvgIpc) is 3.69. The van der Waals surface area contributed by atoms with Crippen molar-refractivity contribution in [2.45, 2.75) is 106 Å². The summed E-state index contributed by atoms with van der Waals surface area (Å²) in [6.45, 7) is 23.4. The second kappa shape index (κ2) is 14.1. The van der Waals surface area contributed by atoms with Crippen LogP contribution in [-0.4, -0.2) is 5.92 Å². The number of hydrogen-bond acceptors (Lipinski definition) is 0. The van der Waals surface area contributed by atoms with Gasteiger partial charge in [-0.25, -0.2) is 0 Å². The summed E-state index contributed by atoms with van der Waals surface area (Å²) in [7, 11) is 17.6. The average molecular weight is 800 g/mol. The van der Waals surface area contributed by atoms with Crippen molar-refractivity contribution in [2.24, 2.45) is 5.92 Å². The van der Waals surface area contributed by atoms with Crippen molar-refractivity contribution in [2.75, 3.05) is 0 Å². The predicted octanol–water partition coefficient (Wildman–Crippen LogP) is 14.8. The van der Waals surface area contributed by atoms with Gasteiger partial charge in [0.1, 0.15) is 0 Å². The molecule has 0 amide bonds. The van der Waals surface area contributed by atoms with Crippen LogP contribution < -0.4 is 0 Å². The van der Waals surface area contributed by atoms with Crippen LogP contribution in [0, 0.1) is 5.92 Å². The van der Waals surface area contributed by atoms with Crippen LogP contribution in [0.15, 0.2) is 96.1 Å². The number of rotatable bonds is 10. The molecule has 0 nitrogen and oxygen atoms in total. The molecule has 0 radical (unpaired) electrons. The number of halogens is 2. The molecule has 2 aliphatic carbocycles. The van der Waals surface area contributed by atoms with Gasteiger partial charge >= 0.3 is 315 Å². The maximum absolute atomic E-state index is 8.79. The van der Waals surface area contributed by atoms with Gasteiger partial charge in [-0.3, -0.25) is 0 Å². The molecule has 0 saturated carbocycles. The van der Waals surface area contributed by atoms with Crippen molar-refractivity contribution in [1.82, 2.24) is 0 Å². The fourth-order valence-corrected chi connectivity index (χ4v) is 40.5. The monoisotopic (exact) mass is 797 g/mol. The molecule has 4 heteroatoms. The van der Waals surface area contributed by atoms with E-state index >= 15 is 0 Å². The zero-order valence-corrected chi connectivity index (χ0v) is 37.1. The summed E-state index contributed by atoms with van der Waals surface area (Å²) >= 11 is -4.88. The predicted molar refractivity (Wildman–Crippen MR) is 223 cm³/mol. The Morgan fingerprint density at radius 3 is 1.70 bits per heavy atom. The van der Waals surface area contributed by atoms with Gasteiger partial charge in [-0.2, -0.15) is 0 Å². The van der Waals surface area contributed by atoms with E-state index in [1.54, 1.807) is 0 Å². The molecule has 4 aromatic carbocycles. The van der Waals surface area contributed by atoms with Crippen LogP contribution in [0.25, 0.3) is 34.4 Å². The Balaban J connectivity index is 1.56. The van der Waals surface area contributed by atoms with Crippen LogP contribution in [0.5, 0.6) is 0 Å².